The van der Waals surface area contributed by atoms with Crippen molar-refractivity contribution in [3.05, 3.63) is 30.3 Å². The summed E-state index contributed by atoms with van der Waals surface area (Å²) in [7, 11) is 0. The Morgan fingerprint density at radius 2 is 2.00 bits per heavy atom. The summed E-state index contributed by atoms with van der Waals surface area (Å²) in [5.74, 6) is 0.789. The molecule has 1 aromatic rings. The third kappa shape index (κ3) is 3.49. The lowest BCUT2D eigenvalue weighted by atomic mass is 9.96. The first kappa shape index (κ1) is 13.4. The normalized spacial score (nSPS) is 23.9. The van der Waals surface area contributed by atoms with Crippen LogP contribution in [0.25, 0.3) is 0 Å². The van der Waals surface area contributed by atoms with Crippen molar-refractivity contribution in [2.45, 2.75) is 39.2 Å². The molecule has 2 nitrogen and oxygen atoms in total. The Morgan fingerprint density at radius 3 is 2.67 bits per heavy atom. The minimum atomic E-state index is 0.655. The Bertz CT molecular complexity index is 336. The molecular formula is C16H26N2. The average Bonchev–Trinajstić information content (AvgIpc) is 2.40. The highest BCUT2D eigenvalue weighted by atomic mass is 15.2. The number of nitrogens with zero attached hydrogens (tertiary/aromatic N) is 1. The van der Waals surface area contributed by atoms with Crippen LogP contribution in [0.2, 0.25) is 0 Å². The van der Waals surface area contributed by atoms with Gasteiger partial charge in [0.05, 0.1) is 0 Å². The summed E-state index contributed by atoms with van der Waals surface area (Å²) in [4.78, 5) is 2.60. The first-order valence-electron chi connectivity index (χ1n) is 7.33. The first-order chi connectivity index (χ1) is 8.81. The van der Waals surface area contributed by atoms with Crippen LogP contribution in [0.5, 0.6) is 0 Å². The highest BCUT2D eigenvalue weighted by molar-refractivity contribution is 5.47. The molecule has 0 saturated carbocycles. The summed E-state index contributed by atoms with van der Waals surface area (Å²) in [6.07, 6.45) is 3.85. The zero-order valence-electron chi connectivity index (χ0n) is 11.7. The van der Waals surface area contributed by atoms with E-state index < -0.39 is 0 Å². The second-order valence-corrected chi connectivity index (χ2v) is 5.54. The number of unbranched alkanes of at least 4 members (excludes halogenated alkanes) is 1. The predicted molar refractivity (Wildman–Crippen MR) is 79.1 cm³/mol. The number of nitrogens with one attached hydrogen (secondary N) is 1. The molecule has 18 heavy (non-hydrogen) atoms. The molecule has 2 heteroatoms. The summed E-state index contributed by atoms with van der Waals surface area (Å²) in [6.45, 7) is 8.10. The van der Waals surface area contributed by atoms with E-state index in [9.17, 15) is 0 Å². The standard InChI is InChI=1S/C16H26N2/c1-3-4-10-18(15-8-6-5-7-9-15)16-11-14(2)12-17-13-16/h5-9,14,16-17H,3-4,10-13H2,1-2H3. The Kier molecular flexibility index (Phi) is 5.06. The third-order valence-electron chi connectivity index (χ3n) is 3.83. The van der Waals surface area contributed by atoms with Crippen molar-refractivity contribution in [1.82, 2.24) is 5.32 Å². The van der Waals surface area contributed by atoms with Gasteiger partial charge in [-0.25, -0.2) is 0 Å². The van der Waals surface area contributed by atoms with E-state index in [1.807, 2.05) is 0 Å². The molecule has 0 aliphatic carbocycles. The molecule has 0 radical (unpaired) electrons. The van der Waals surface area contributed by atoms with Gasteiger partial charge in [0.15, 0.2) is 0 Å². The molecule has 1 aliphatic rings. The molecule has 1 aliphatic heterocycles. The molecule has 1 saturated heterocycles. The van der Waals surface area contributed by atoms with Gasteiger partial charge < -0.3 is 10.2 Å². The molecule has 0 bridgehead atoms. The van der Waals surface area contributed by atoms with Gasteiger partial charge in [0.2, 0.25) is 0 Å². The number of para-hydroxylation sites is 1. The SMILES string of the molecule is CCCCN(c1ccccc1)C1CNCC(C)C1. The number of hydrogen-bond donors (Lipinski definition) is 1. The van der Waals surface area contributed by atoms with Crippen molar-refractivity contribution in [2.75, 3.05) is 24.5 Å². The molecule has 2 atom stereocenters. The molecule has 100 valence electrons. The summed E-state index contributed by atoms with van der Waals surface area (Å²) >= 11 is 0. The van der Waals surface area contributed by atoms with Gasteiger partial charge in [-0.1, -0.05) is 38.5 Å². The number of piperidine rings is 1. The fourth-order valence-electron chi connectivity index (χ4n) is 2.84. The monoisotopic (exact) mass is 246 g/mol. The Hall–Kier alpha value is -1.02. The minimum Gasteiger partial charge on any atom is -0.367 e. The summed E-state index contributed by atoms with van der Waals surface area (Å²) in [5, 5.41) is 3.57. The van der Waals surface area contributed by atoms with E-state index in [1.165, 1.54) is 38.0 Å². The molecule has 0 aromatic heterocycles. The highest BCUT2D eigenvalue weighted by Crippen LogP contribution is 2.23. The molecule has 0 amide bonds. The maximum atomic E-state index is 3.57. The van der Waals surface area contributed by atoms with Crippen molar-refractivity contribution < 1.29 is 0 Å². The number of hydrogen-bond acceptors (Lipinski definition) is 2. The van der Waals surface area contributed by atoms with Crippen LogP contribution in [-0.4, -0.2) is 25.7 Å². The summed E-state index contributed by atoms with van der Waals surface area (Å²) in [6, 6.07) is 11.5. The zero-order valence-corrected chi connectivity index (χ0v) is 11.7. The molecular weight excluding hydrogens is 220 g/mol. The number of anilines is 1. The maximum absolute atomic E-state index is 3.57. The van der Waals surface area contributed by atoms with Gasteiger partial charge >= 0.3 is 0 Å². The maximum Gasteiger partial charge on any atom is 0.0417 e. The van der Waals surface area contributed by atoms with Gasteiger partial charge in [0.25, 0.3) is 0 Å². The number of benzene rings is 1. The van der Waals surface area contributed by atoms with Crippen LogP contribution >= 0.6 is 0 Å². The molecule has 0 spiro atoms. The quantitative estimate of drug-likeness (QED) is 0.857. The van der Waals surface area contributed by atoms with E-state index in [4.69, 9.17) is 0 Å². The molecule has 2 rings (SSSR count). The van der Waals surface area contributed by atoms with E-state index in [0.717, 1.165) is 12.5 Å². The molecule has 1 aromatic carbocycles. The van der Waals surface area contributed by atoms with Gasteiger partial charge in [-0.2, -0.15) is 0 Å². The van der Waals surface area contributed by atoms with E-state index in [2.05, 4.69) is 54.4 Å². The Balaban J connectivity index is 2.09. The fraction of sp³-hybridized carbons (Fsp3) is 0.625. The fourth-order valence-corrected chi connectivity index (χ4v) is 2.84. The van der Waals surface area contributed by atoms with Crippen molar-refractivity contribution in [3.63, 3.8) is 0 Å². The van der Waals surface area contributed by atoms with E-state index >= 15 is 0 Å². The second kappa shape index (κ2) is 6.79. The Labute approximate surface area is 111 Å². The van der Waals surface area contributed by atoms with Crippen LogP contribution in [0.3, 0.4) is 0 Å². The van der Waals surface area contributed by atoms with Crippen LogP contribution in [0.15, 0.2) is 30.3 Å². The van der Waals surface area contributed by atoms with Gasteiger partial charge in [0, 0.05) is 24.8 Å². The van der Waals surface area contributed by atoms with Crippen LogP contribution in [0.4, 0.5) is 5.69 Å². The average molecular weight is 246 g/mol. The van der Waals surface area contributed by atoms with Crippen LogP contribution in [-0.2, 0) is 0 Å². The minimum absolute atomic E-state index is 0.655. The van der Waals surface area contributed by atoms with Crippen LogP contribution < -0.4 is 10.2 Å². The lowest BCUT2D eigenvalue weighted by molar-refractivity contribution is 0.347. The lowest BCUT2D eigenvalue weighted by Gasteiger charge is -2.38. The molecule has 1 N–H and O–H groups in total. The van der Waals surface area contributed by atoms with Gasteiger partial charge in [-0.3, -0.25) is 0 Å². The van der Waals surface area contributed by atoms with Crippen molar-refractivity contribution in [3.8, 4) is 0 Å². The predicted octanol–water partition coefficient (Wildman–Crippen LogP) is 3.29. The second-order valence-electron chi connectivity index (χ2n) is 5.54. The topological polar surface area (TPSA) is 15.3 Å². The summed E-state index contributed by atoms with van der Waals surface area (Å²) in [5.41, 5.74) is 1.38. The zero-order chi connectivity index (χ0) is 12.8. The summed E-state index contributed by atoms with van der Waals surface area (Å²) < 4.78 is 0. The van der Waals surface area contributed by atoms with Crippen LogP contribution in [0.1, 0.15) is 33.1 Å². The largest absolute Gasteiger partial charge is 0.367 e. The number of rotatable bonds is 5. The van der Waals surface area contributed by atoms with E-state index in [1.54, 1.807) is 0 Å². The molecule has 1 heterocycles. The van der Waals surface area contributed by atoms with Gasteiger partial charge in [0.1, 0.15) is 0 Å². The van der Waals surface area contributed by atoms with Crippen molar-refractivity contribution in [2.24, 2.45) is 5.92 Å². The van der Waals surface area contributed by atoms with Gasteiger partial charge in [-0.05, 0) is 37.4 Å². The van der Waals surface area contributed by atoms with Crippen LogP contribution in [0, 0.1) is 5.92 Å². The smallest absolute Gasteiger partial charge is 0.0417 e. The van der Waals surface area contributed by atoms with Gasteiger partial charge in [-0.15, -0.1) is 0 Å². The van der Waals surface area contributed by atoms with Crippen molar-refractivity contribution in [1.29, 1.82) is 0 Å². The third-order valence-corrected chi connectivity index (χ3v) is 3.83. The van der Waals surface area contributed by atoms with Crippen molar-refractivity contribution >= 4 is 5.69 Å². The highest BCUT2D eigenvalue weighted by Gasteiger charge is 2.24. The first-order valence-corrected chi connectivity index (χ1v) is 7.33. The van der Waals surface area contributed by atoms with E-state index in [-0.39, 0.29) is 0 Å². The Morgan fingerprint density at radius 1 is 1.22 bits per heavy atom. The molecule has 2 unspecified atom stereocenters. The lowest BCUT2D eigenvalue weighted by Crippen LogP contribution is -2.49. The van der Waals surface area contributed by atoms with E-state index in [0.29, 0.717) is 6.04 Å². The molecule has 1 fully saturated rings.